The molecule has 0 aromatic heterocycles. The maximum atomic E-state index is 6.44. The third-order valence-electron chi connectivity index (χ3n) is 4.83. The molecule has 0 N–H and O–H groups in total. The van der Waals surface area contributed by atoms with Crippen LogP contribution in [0.25, 0.3) is 22.8 Å². The van der Waals surface area contributed by atoms with Crippen molar-refractivity contribution in [3.8, 4) is 11.1 Å². The molecule has 0 saturated carbocycles. The molecule has 1 fully saturated rings. The molecule has 1 aliphatic carbocycles. The molecule has 0 bridgehead atoms. The van der Waals surface area contributed by atoms with Crippen molar-refractivity contribution in [2.45, 2.75) is 6.10 Å². The molecule has 0 spiro atoms. The molecule has 1 nitrogen and oxygen atoms in total. The smallest absolute Gasteiger partial charge is 0.107 e. The first-order valence-corrected chi connectivity index (χ1v) is 9.46. The molecule has 0 amide bonds. The lowest BCUT2D eigenvalue weighted by Crippen LogP contribution is -1.89. The SMILES string of the molecule is Clc1ccc(C=C2c3cc(Cl)ccc3-c3c2cc(Cl)cc3C2CO2)cc1. The topological polar surface area (TPSA) is 12.5 Å². The fraction of sp³-hybridized carbons (Fsp3) is 0.0909. The fourth-order valence-corrected chi connectivity index (χ4v) is 4.13. The molecule has 2 aliphatic rings. The second kappa shape index (κ2) is 6.14. The predicted octanol–water partition coefficient (Wildman–Crippen LogP) is 7.29. The molecule has 5 rings (SSSR count). The van der Waals surface area contributed by atoms with Gasteiger partial charge in [-0.2, -0.15) is 0 Å². The Bertz CT molecular complexity index is 1060. The van der Waals surface area contributed by atoms with E-state index in [0.717, 1.165) is 44.5 Å². The summed E-state index contributed by atoms with van der Waals surface area (Å²) in [5, 5.41) is 2.16. The lowest BCUT2D eigenvalue weighted by atomic mass is 9.97. The Morgan fingerprint density at radius 2 is 1.46 bits per heavy atom. The zero-order valence-corrected chi connectivity index (χ0v) is 15.9. The van der Waals surface area contributed by atoms with Crippen LogP contribution in [-0.2, 0) is 4.74 Å². The summed E-state index contributed by atoms with van der Waals surface area (Å²) in [6, 6.07) is 17.9. The van der Waals surface area contributed by atoms with Gasteiger partial charge >= 0.3 is 0 Å². The summed E-state index contributed by atoms with van der Waals surface area (Å²) in [5.74, 6) is 0. The van der Waals surface area contributed by atoms with Crippen LogP contribution in [0.4, 0.5) is 0 Å². The minimum atomic E-state index is 0.126. The highest BCUT2D eigenvalue weighted by Crippen LogP contribution is 2.51. The Morgan fingerprint density at radius 3 is 2.19 bits per heavy atom. The van der Waals surface area contributed by atoms with Crippen molar-refractivity contribution in [1.29, 1.82) is 0 Å². The summed E-state index contributed by atoms with van der Waals surface area (Å²) in [5.41, 5.74) is 7.95. The van der Waals surface area contributed by atoms with Crippen molar-refractivity contribution in [2.24, 2.45) is 0 Å². The second-order valence-corrected chi connectivity index (χ2v) is 7.85. The number of fused-ring (bicyclic) bond motifs is 3. The zero-order valence-electron chi connectivity index (χ0n) is 13.6. The van der Waals surface area contributed by atoms with E-state index in [0.29, 0.717) is 5.02 Å². The van der Waals surface area contributed by atoms with Gasteiger partial charge in [0.1, 0.15) is 6.10 Å². The van der Waals surface area contributed by atoms with Crippen LogP contribution in [0, 0.1) is 0 Å². The number of hydrogen-bond acceptors (Lipinski definition) is 1. The molecule has 1 atom stereocenters. The lowest BCUT2D eigenvalue weighted by Gasteiger charge is -2.08. The Morgan fingerprint density at radius 1 is 0.769 bits per heavy atom. The van der Waals surface area contributed by atoms with Gasteiger partial charge < -0.3 is 4.74 Å². The van der Waals surface area contributed by atoms with Crippen LogP contribution in [0.2, 0.25) is 15.1 Å². The molecule has 26 heavy (non-hydrogen) atoms. The summed E-state index contributed by atoms with van der Waals surface area (Å²) in [4.78, 5) is 0. The van der Waals surface area contributed by atoms with E-state index in [1.165, 1.54) is 11.1 Å². The van der Waals surface area contributed by atoms with Gasteiger partial charge in [0.2, 0.25) is 0 Å². The minimum absolute atomic E-state index is 0.126. The highest BCUT2D eigenvalue weighted by Gasteiger charge is 2.34. The van der Waals surface area contributed by atoms with Crippen LogP contribution in [0.1, 0.15) is 28.4 Å². The molecular formula is C22H13Cl3O. The van der Waals surface area contributed by atoms with Crippen LogP contribution in [0.5, 0.6) is 0 Å². The fourth-order valence-electron chi connectivity index (χ4n) is 3.61. The van der Waals surface area contributed by atoms with Gasteiger partial charge in [-0.15, -0.1) is 0 Å². The van der Waals surface area contributed by atoms with Crippen molar-refractivity contribution < 1.29 is 4.74 Å². The van der Waals surface area contributed by atoms with E-state index in [1.54, 1.807) is 0 Å². The van der Waals surface area contributed by atoms with Crippen LogP contribution in [-0.4, -0.2) is 6.61 Å². The van der Waals surface area contributed by atoms with E-state index in [2.05, 4.69) is 12.1 Å². The molecule has 4 heteroatoms. The van der Waals surface area contributed by atoms with Gasteiger partial charge in [0.25, 0.3) is 0 Å². The van der Waals surface area contributed by atoms with E-state index < -0.39 is 0 Å². The van der Waals surface area contributed by atoms with Crippen LogP contribution in [0.3, 0.4) is 0 Å². The Balaban J connectivity index is 1.79. The highest BCUT2D eigenvalue weighted by molar-refractivity contribution is 6.32. The predicted molar refractivity (Wildman–Crippen MR) is 109 cm³/mol. The van der Waals surface area contributed by atoms with Crippen molar-refractivity contribution in [2.75, 3.05) is 6.61 Å². The lowest BCUT2D eigenvalue weighted by molar-refractivity contribution is 0.416. The summed E-state index contributed by atoms with van der Waals surface area (Å²) < 4.78 is 5.56. The number of halogens is 3. The first kappa shape index (κ1) is 16.4. The molecule has 128 valence electrons. The van der Waals surface area contributed by atoms with Gasteiger partial charge in [0.05, 0.1) is 6.61 Å². The average Bonchev–Trinajstić information content (AvgIpc) is 3.42. The van der Waals surface area contributed by atoms with Crippen LogP contribution < -0.4 is 0 Å². The molecule has 3 aromatic rings. The Hall–Kier alpha value is -1.77. The average molecular weight is 400 g/mol. The van der Waals surface area contributed by atoms with Gasteiger partial charge in [0.15, 0.2) is 0 Å². The molecule has 0 radical (unpaired) electrons. The summed E-state index contributed by atoms with van der Waals surface area (Å²) in [7, 11) is 0. The van der Waals surface area contributed by atoms with Crippen molar-refractivity contribution in [3.05, 3.63) is 91.9 Å². The largest absolute Gasteiger partial charge is 0.368 e. The van der Waals surface area contributed by atoms with Gasteiger partial charge in [-0.05, 0) is 81.4 Å². The zero-order chi connectivity index (χ0) is 17.8. The molecule has 1 unspecified atom stereocenters. The van der Waals surface area contributed by atoms with Gasteiger partial charge in [-0.1, -0.05) is 53.0 Å². The van der Waals surface area contributed by atoms with Gasteiger partial charge in [-0.3, -0.25) is 0 Å². The number of rotatable bonds is 2. The van der Waals surface area contributed by atoms with Crippen LogP contribution in [0.15, 0.2) is 54.6 Å². The van der Waals surface area contributed by atoms with Gasteiger partial charge in [-0.25, -0.2) is 0 Å². The van der Waals surface area contributed by atoms with E-state index >= 15 is 0 Å². The van der Waals surface area contributed by atoms with E-state index in [4.69, 9.17) is 39.5 Å². The number of hydrogen-bond donors (Lipinski definition) is 0. The molecular weight excluding hydrogens is 387 g/mol. The molecule has 1 saturated heterocycles. The summed E-state index contributed by atoms with van der Waals surface area (Å²) in [6.07, 6.45) is 2.28. The summed E-state index contributed by atoms with van der Waals surface area (Å²) in [6.45, 7) is 0.742. The quantitative estimate of drug-likeness (QED) is 0.322. The van der Waals surface area contributed by atoms with Crippen molar-refractivity contribution in [3.63, 3.8) is 0 Å². The van der Waals surface area contributed by atoms with E-state index in [9.17, 15) is 0 Å². The third kappa shape index (κ3) is 2.76. The Labute approximate surface area is 166 Å². The number of benzene rings is 3. The van der Waals surface area contributed by atoms with E-state index in [1.807, 2.05) is 48.5 Å². The third-order valence-corrected chi connectivity index (χ3v) is 5.53. The molecule has 1 aliphatic heterocycles. The standard InChI is InChI=1S/C22H13Cl3O/c23-13-3-1-12(2-4-13)7-17-18-8-14(24)5-6-16(18)22-19(17)9-15(25)10-20(22)21-11-26-21/h1-10,21H,11H2. The normalized spacial score (nSPS) is 18.7. The van der Waals surface area contributed by atoms with Crippen LogP contribution >= 0.6 is 34.8 Å². The maximum Gasteiger partial charge on any atom is 0.107 e. The second-order valence-electron chi connectivity index (χ2n) is 6.54. The first-order valence-electron chi connectivity index (χ1n) is 8.33. The number of epoxide rings is 1. The first-order chi connectivity index (χ1) is 12.6. The molecule has 3 aromatic carbocycles. The van der Waals surface area contributed by atoms with E-state index in [-0.39, 0.29) is 6.10 Å². The van der Waals surface area contributed by atoms with Gasteiger partial charge in [0, 0.05) is 15.1 Å². The maximum absolute atomic E-state index is 6.44. The van der Waals surface area contributed by atoms with Crippen molar-refractivity contribution >= 4 is 46.5 Å². The minimum Gasteiger partial charge on any atom is -0.368 e. The monoisotopic (exact) mass is 398 g/mol. The Kier molecular flexibility index (Phi) is 3.88. The molecule has 1 heterocycles. The van der Waals surface area contributed by atoms with Crippen molar-refractivity contribution in [1.82, 2.24) is 0 Å². The number of ether oxygens (including phenoxy) is 1. The summed E-state index contributed by atoms with van der Waals surface area (Å²) >= 11 is 18.8. The highest BCUT2D eigenvalue weighted by atomic mass is 35.5.